The Balaban J connectivity index is 3.75. The predicted molar refractivity (Wildman–Crippen MR) is 53.9 cm³/mol. The van der Waals surface area contributed by atoms with E-state index < -0.39 is 0 Å². The second-order valence-corrected chi connectivity index (χ2v) is 3.68. The third-order valence-electron chi connectivity index (χ3n) is 1.51. The van der Waals surface area contributed by atoms with Crippen molar-refractivity contribution >= 4 is 17.6 Å². The lowest BCUT2D eigenvalue weighted by molar-refractivity contribution is 0.314. The van der Waals surface area contributed by atoms with E-state index in [1.54, 1.807) is 11.8 Å². The summed E-state index contributed by atoms with van der Waals surface area (Å²) < 4.78 is 0. The van der Waals surface area contributed by atoms with Crippen LogP contribution in [0, 0.1) is 0 Å². The fourth-order valence-electron chi connectivity index (χ4n) is 0.897. The van der Waals surface area contributed by atoms with Crippen LogP contribution in [0.25, 0.3) is 0 Å². The summed E-state index contributed by atoms with van der Waals surface area (Å²) >= 11 is 1.77. The van der Waals surface area contributed by atoms with Crippen molar-refractivity contribution in [3.05, 3.63) is 0 Å². The highest BCUT2D eigenvalue weighted by Crippen LogP contribution is 1.97. The van der Waals surface area contributed by atoms with Crippen LogP contribution in [-0.4, -0.2) is 35.1 Å². The first-order chi connectivity index (χ1) is 5.61. The first-order valence-electron chi connectivity index (χ1n) is 3.84. The minimum absolute atomic E-state index is 0.0721. The van der Waals surface area contributed by atoms with Crippen molar-refractivity contribution in [1.29, 1.82) is 0 Å². The first kappa shape index (κ1) is 11.6. The molecule has 0 aliphatic heterocycles. The lowest BCUT2D eigenvalue weighted by Gasteiger charge is -2.17. The monoisotopic (exact) mass is 191 g/mol. The van der Waals surface area contributed by atoms with Crippen molar-refractivity contribution < 1.29 is 5.21 Å². The second-order valence-electron chi connectivity index (χ2n) is 2.77. The van der Waals surface area contributed by atoms with Gasteiger partial charge in [-0.15, -0.1) is 0 Å². The smallest absolute Gasteiger partial charge is 0.156 e. The number of amidine groups is 1. The van der Waals surface area contributed by atoms with E-state index in [-0.39, 0.29) is 11.9 Å². The molecule has 0 aliphatic rings. The molecule has 0 aromatic rings. The maximum Gasteiger partial charge on any atom is 0.156 e. The largest absolute Gasteiger partial charge is 0.409 e. The average Bonchev–Trinajstić information content (AvgIpc) is 2.03. The van der Waals surface area contributed by atoms with Gasteiger partial charge in [0, 0.05) is 11.8 Å². The number of rotatable bonds is 5. The van der Waals surface area contributed by atoms with Crippen LogP contribution >= 0.6 is 11.8 Å². The Morgan fingerprint density at radius 3 is 2.67 bits per heavy atom. The van der Waals surface area contributed by atoms with Crippen LogP contribution in [0.3, 0.4) is 0 Å². The molecule has 0 heterocycles. The van der Waals surface area contributed by atoms with Gasteiger partial charge in [0.25, 0.3) is 0 Å². The highest BCUT2D eigenvalue weighted by Gasteiger charge is 2.09. The molecule has 0 amide bonds. The maximum atomic E-state index is 8.37. The Bertz CT molecular complexity index is 152. The van der Waals surface area contributed by atoms with Gasteiger partial charge in [0.2, 0.25) is 0 Å². The number of nitrogens with two attached hydrogens (primary N) is 1. The number of hydrogen-bond acceptors (Lipinski definition) is 4. The van der Waals surface area contributed by atoms with E-state index >= 15 is 0 Å². The summed E-state index contributed by atoms with van der Waals surface area (Å²) in [5, 5.41) is 14.5. The molecule has 0 fully saturated rings. The molecule has 0 radical (unpaired) electrons. The van der Waals surface area contributed by atoms with Gasteiger partial charge in [-0.1, -0.05) is 5.16 Å². The van der Waals surface area contributed by atoms with Gasteiger partial charge in [-0.2, -0.15) is 11.8 Å². The van der Waals surface area contributed by atoms with Gasteiger partial charge < -0.3 is 16.3 Å². The zero-order chi connectivity index (χ0) is 9.56. The third kappa shape index (κ3) is 4.46. The molecule has 5 heteroatoms. The van der Waals surface area contributed by atoms with Crippen molar-refractivity contribution in [2.75, 3.05) is 12.0 Å². The summed E-state index contributed by atoms with van der Waals surface area (Å²) in [7, 11) is 0. The molecule has 0 aliphatic carbocycles. The SMILES string of the molecule is CSCC(C)NC(C)C(N)=NO. The molecule has 4 nitrogen and oxygen atoms in total. The van der Waals surface area contributed by atoms with E-state index in [0.717, 1.165) is 5.75 Å². The molecule has 0 aromatic heterocycles. The van der Waals surface area contributed by atoms with E-state index in [4.69, 9.17) is 10.9 Å². The zero-order valence-corrected chi connectivity index (χ0v) is 8.56. The van der Waals surface area contributed by atoms with Crippen LogP contribution in [0.2, 0.25) is 0 Å². The van der Waals surface area contributed by atoms with Crippen LogP contribution in [0.15, 0.2) is 5.16 Å². The molecule has 2 atom stereocenters. The van der Waals surface area contributed by atoms with Crippen molar-refractivity contribution in [3.63, 3.8) is 0 Å². The van der Waals surface area contributed by atoms with Gasteiger partial charge >= 0.3 is 0 Å². The Hall–Kier alpha value is -0.420. The lowest BCUT2D eigenvalue weighted by Crippen LogP contribution is -2.44. The molecule has 4 N–H and O–H groups in total. The molecule has 0 bridgehead atoms. The van der Waals surface area contributed by atoms with Crippen LogP contribution in [0.1, 0.15) is 13.8 Å². The topological polar surface area (TPSA) is 70.6 Å². The summed E-state index contributed by atoms with van der Waals surface area (Å²) in [4.78, 5) is 0. The summed E-state index contributed by atoms with van der Waals surface area (Å²) in [5.74, 6) is 1.24. The predicted octanol–water partition coefficient (Wildman–Crippen LogP) is 0.462. The van der Waals surface area contributed by atoms with Crippen molar-refractivity contribution in [2.45, 2.75) is 25.9 Å². The van der Waals surface area contributed by atoms with E-state index in [1.165, 1.54) is 0 Å². The average molecular weight is 191 g/mol. The van der Waals surface area contributed by atoms with Crippen molar-refractivity contribution in [2.24, 2.45) is 10.9 Å². The van der Waals surface area contributed by atoms with Gasteiger partial charge in [0.15, 0.2) is 5.84 Å². The molecular formula is C7H17N3OS. The Morgan fingerprint density at radius 2 is 2.25 bits per heavy atom. The minimum atomic E-state index is -0.0721. The van der Waals surface area contributed by atoms with Crippen LogP contribution in [-0.2, 0) is 0 Å². The number of hydrogen-bond donors (Lipinski definition) is 3. The van der Waals surface area contributed by atoms with Crippen LogP contribution < -0.4 is 11.1 Å². The minimum Gasteiger partial charge on any atom is -0.409 e. The summed E-state index contributed by atoms with van der Waals surface area (Å²) in [5.41, 5.74) is 5.39. The van der Waals surface area contributed by atoms with E-state index in [9.17, 15) is 0 Å². The van der Waals surface area contributed by atoms with Gasteiger partial charge in [-0.3, -0.25) is 0 Å². The number of oxime groups is 1. The highest BCUT2D eigenvalue weighted by molar-refractivity contribution is 7.98. The Kier molecular flexibility index (Phi) is 5.92. The van der Waals surface area contributed by atoms with Crippen molar-refractivity contribution in [1.82, 2.24) is 5.32 Å². The number of thioether (sulfide) groups is 1. The third-order valence-corrected chi connectivity index (χ3v) is 2.34. The number of nitrogens with zero attached hydrogens (tertiary/aromatic N) is 1. The van der Waals surface area contributed by atoms with Gasteiger partial charge in [-0.25, -0.2) is 0 Å². The quantitative estimate of drug-likeness (QED) is 0.255. The van der Waals surface area contributed by atoms with E-state index in [1.807, 2.05) is 13.2 Å². The Labute approximate surface area is 77.6 Å². The standard InChI is InChI=1S/C7H17N3OS/c1-5(4-12-3)9-6(2)7(8)10-11/h5-6,9,11H,4H2,1-3H3,(H2,8,10). The molecule has 0 spiro atoms. The fourth-order valence-corrected chi connectivity index (χ4v) is 1.49. The molecule has 0 aromatic carbocycles. The van der Waals surface area contributed by atoms with E-state index in [0.29, 0.717) is 6.04 Å². The highest BCUT2D eigenvalue weighted by atomic mass is 32.2. The first-order valence-corrected chi connectivity index (χ1v) is 5.23. The van der Waals surface area contributed by atoms with Gasteiger partial charge in [-0.05, 0) is 20.1 Å². The van der Waals surface area contributed by atoms with Gasteiger partial charge in [0.1, 0.15) is 0 Å². The molecule has 0 rings (SSSR count). The van der Waals surface area contributed by atoms with E-state index in [2.05, 4.69) is 17.4 Å². The number of nitrogens with one attached hydrogen (secondary N) is 1. The lowest BCUT2D eigenvalue weighted by atomic mass is 10.2. The molecule has 12 heavy (non-hydrogen) atoms. The Morgan fingerprint density at radius 1 is 1.67 bits per heavy atom. The molecule has 0 saturated carbocycles. The summed E-state index contributed by atoms with van der Waals surface area (Å²) in [6.07, 6.45) is 2.05. The molecule has 0 saturated heterocycles. The van der Waals surface area contributed by atoms with Crippen molar-refractivity contribution in [3.8, 4) is 0 Å². The summed E-state index contributed by atoms with van der Waals surface area (Å²) in [6, 6.07) is 0.299. The molecule has 72 valence electrons. The van der Waals surface area contributed by atoms with Gasteiger partial charge in [0.05, 0.1) is 6.04 Å². The fraction of sp³-hybridized carbons (Fsp3) is 0.857. The maximum absolute atomic E-state index is 8.37. The normalized spacial score (nSPS) is 17.4. The molecule has 2 unspecified atom stereocenters. The molecular weight excluding hydrogens is 174 g/mol. The van der Waals surface area contributed by atoms with Crippen LogP contribution in [0.4, 0.5) is 0 Å². The second kappa shape index (κ2) is 6.14. The van der Waals surface area contributed by atoms with Crippen LogP contribution in [0.5, 0.6) is 0 Å². The summed E-state index contributed by atoms with van der Waals surface area (Å²) in [6.45, 7) is 3.93. The zero-order valence-electron chi connectivity index (χ0n) is 7.74.